The van der Waals surface area contributed by atoms with Gasteiger partial charge < -0.3 is 20.4 Å². The maximum absolute atomic E-state index is 9.54. The van der Waals surface area contributed by atoms with Crippen LogP contribution in [0.2, 0.25) is 0 Å². The molecule has 0 unspecified atom stereocenters. The minimum atomic E-state index is -0.543. The normalized spacial score (nSPS) is 11.1. The summed E-state index contributed by atoms with van der Waals surface area (Å²) in [4.78, 5) is 4.26. The Hall–Kier alpha value is -2.69. The highest BCUT2D eigenvalue weighted by Gasteiger charge is 2.06. The van der Waals surface area contributed by atoms with E-state index in [1.807, 2.05) is 6.92 Å². The molecule has 0 aliphatic carbocycles. The van der Waals surface area contributed by atoms with Crippen LogP contribution in [0.15, 0.2) is 24.3 Å². The maximum atomic E-state index is 9.54. The predicted octanol–water partition coefficient (Wildman–Crippen LogP) is 2.64. The van der Waals surface area contributed by atoms with Crippen molar-refractivity contribution in [1.82, 2.24) is 4.98 Å². The molecule has 4 N–H and O–H groups in total. The second kappa shape index (κ2) is 5.52. The molecule has 1 heterocycles. The third-order valence-electron chi connectivity index (χ3n) is 2.85. The van der Waals surface area contributed by atoms with Crippen LogP contribution < -0.4 is 0 Å². The third kappa shape index (κ3) is 2.83. The number of pyridine rings is 1. The van der Waals surface area contributed by atoms with Gasteiger partial charge in [-0.05, 0) is 42.3 Å². The third-order valence-corrected chi connectivity index (χ3v) is 2.85. The zero-order chi connectivity index (χ0) is 14.7. The summed E-state index contributed by atoms with van der Waals surface area (Å²) in [6.07, 6.45) is 3.94. The van der Waals surface area contributed by atoms with Gasteiger partial charge in [0.25, 0.3) is 0 Å². The molecule has 0 bridgehead atoms. The van der Waals surface area contributed by atoms with Crippen LogP contribution in [0.25, 0.3) is 12.2 Å². The average Bonchev–Trinajstić information content (AvgIpc) is 2.43. The second-order valence-electron chi connectivity index (χ2n) is 4.30. The van der Waals surface area contributed by atoms with Crippen molar-refractivity contribution >= 4 is 12.2 Å². The number of hydrogen-bond acceptors (Lipinski definition) is 5. The van der Waals surface area contributed by atoms with Gasteiger partial charge in [0.05, 0.1) is 11.4 Å². The van der Waals surface area contributed by atoms with Crippen LogP contribution in [0.1, 0.15) is 23.9 Å². The quantitative estimate of drug-likeness (QED) is 0.645. The molecule has 20 heavy (non-hydrogen) atoms. The summed E-state index contributed by atoms with van der Waals surface area (Å²) in [7, 11) is 0. The second-order valence-corrected chi connectivity index (χ2v) is 4.30. The van der Waals surface area contributed by atoms with Gasteiger partial charge in [0, 0.05) is 0 Å². The van der Waals surface area contributed by atoms with Gasteiger partial charge in [-0.15, -0.1) is 0 Å². The van der Waals surface area contributed by atoms with Crippen LogP contribution in [0.3, 0.4) is 0 Å². The summed E-state index contributed by atoms with van der Waals surface area (Å²) < 4.78 is 0. The van der Waals surface area contributed by atoms with E-state index in [-0.39, 0.29) is 5.75 Å². The zero-order valence-corrected chi connectivity index (χ0v) is 10.9. The Morgan fingerprint density at radius 1 is 0.950 bits per heavy atom. The van der Waals surface area contributed by atoms with Crippen LogP contribution in [0.4, 0.5) is 0 Å². The minimum absolute atomic E-state index is 0.157. The summed E-state index contributed by atoms with van der Waals surface area (Å²) in [6.45, 7) is 1.89. The molecule has 0 fully saturated rings. The van der Waals surface area contributed by atoms with E-state index < -0.39 is 17.2 Å². The number of rotatable bonds is 3. The molecule has 0 saturated carbocycles. The van der Waals surface area contributed by atoms with E-state index in [1.165, 1.54) is 12.1 Å². The number of aryl methyl sites for hydroxylation is 1. The highest BCUT2D eigenvalue weighted by atomic mass is 16.3. The molecule has 0 spiro atoms. The average molecular weight is 273 g/mol. The summed E-state index contributed by atoms with van der Waals surface area (Å²) >= 11 is 0. The van der Waals surface area contributed by atoms with Crippen molar-refractivity contribution < 1.29 is 20.4 Å². The molecular weight excluding hydrogens is 258 g/mol. The van der Waals surface area contributed by atoms with Crippen molar-refractivity contribution in [2.75, 3.05) is 0 Å². The topological polar surface area (TPSA) is 93.8 Å². The van der Waals surface area contributed by atoms with E-state index in [9.17, 15) is 20.4 Å². The number of aromatic hydroxyl groups is 4. The summed E-state index contributed by atoms with van der Waals surface area (Å²) in [5.41, 5.74) is 1.76. The number of hydrogen-bond donors (Lipinski definition) is 4. The first-order chi connectivity index (χ1) is 9.51. The molecule has 1 aromatic heterocycles. The first-order valence-corrected chi connectivity index (χ1v) is 6.13. The minimum Gasteiger partial charge on any atom is -0.506 e. The first kappa shape index (κ1) is 13.7. The van der Waals surface area contributed by atoms with Crippen LogP contribution in [-0.4, -0.2) is 25.4 Å². The van der Waals surface area contributed by atoms with Crippen molar-refractivity contribution in [3.05, 3.63) is 41.2 Å². The van der Waals surface area contributed by atoms with Crippen molar-refractivity contribution in [2.24, 2.45) is 0 Å². The number of benzene rings is 1. The van der Waals surface area contributed by atoms with E-state index in [0.717, 1.165) is 0 Å². The van der Waals surface area contributed by atoms with Crippen LogP contribution >= 0.6 is 0 Å². The van der Waals surface area contributed by atoms with Gasteiger partial charge in [-0.3, -0.25) is 0 Å². The zero-order valence-electron chi connectivity index (χ0n) is 10.9. The Balaban J connectivity index is 2.30. The largest absolute Gasteiger partial charge is 0.506 e. The SMILES string of the molecule is CCc1nc(/C=C/c2cc(O)c(O)c(O)c2)ccc1O. The lowest BCUT2D eigenvalue weighted by Gasteiger charge is -2.03. The smallest absolute Gasteiger partial charge is 0.200 e. The number of phenols is 3. The van der Waals surface area contributed by atoms with Crippen molar-refractivity contribution in [3.8, 4) is 23.0 Å². The molecule has 104 valence electrons. The lowest BCUT2D eigenvalue weighted by atomic mass is 10.1. The van der Waals surface area contributed by atoms with E-state index in [1.54, 1.807) is 24.3 Å². The van der Waals surface area contributed by atoms with Crippen molar-refractivity contribution in [2.45, 2.75) is 13.3 Å². The molecule has 0 atom stereocenters. The van der Waals surface area contributed by atoms with Crippen LogP contribution in [0, 0.1) is 0 Å². The molecule has 0 radical (unpaired) electrons. The van der Waals surface area contributed by atoms with Gasteiger partial charge in [-0.25, -0.2) is 4.98 Å². The Labute approximate surface area is 116 Å². The van der Waals surface area contributed by atoms with Gasteiger partial charge in [0.15, 0.2) is 17.2 Å². The molecule has 2 rings (SSSR count). The fraction of sp³-hybridized carbons (Fsp3) is 0.133. The molecule has 0 amide bonds. The van der Waals surface area contributed by atoms with Crippen LogP contribution in [-0.2, 0) is 6.42 Å². The monoisotopic (exact) mass is 273 g/mol. The van der Waals surface area contributed by atoms with Gasteiger partial charge in [-0.1, -0.05) is 13.0 Å². The molecule has 0 aliphatic rings. The molecule has 5 heteroatoms. The van der Waals surface area contributed by atoms with Gasteiger partial charge in [0.1, 0.15) is 5.75 Å². The molecule has 0 saturated heterocycles. The highest BCUT2D eigenvalue weighted by molar-refractivity contribution is 5.71. The fourth-order valence-electron chi connectivity index (χ4n) is 1.77. The molecule has 0 aliphatic heterocycles. The maximum Gasteiger partial charge on any atom is 0.200 e. The van der Waals surface area contributed by atoms with Gasteiger partial charge in [-0.2, -0.15) is 0 Å². The lowest BCUT2D eigenvalue weighted by molar-refractivity contribution is 0.368. The fourth-order valence-corrected chi connectivity index (χ4v) is 1.77. The van der Waals surface area contributed by atoms with E-state index >= 15 is 0 Å². The molecular formula is C15H15NO4. The van der Waals surface area contributed by atoms with Crippen molar-refractivity contribution in [3.63, 3.8) is 0 Å². The standard InChI is InChI=1S/C15H15NO4/c1-2-11-12(17)6-5-10(16-11)4-3-9-7-13(18)15(20)14(19)8-9/h3-8,17-20H,2H2,1H3/b4-3+. The van der Waals surface area contributed by atoms with E-state index in [2.05, 4.69) is 4.98 Å². The van der Waals surface area contributed by atoms with Gasteiger partial charge >= 0.3 is 0 Å². The predicted molar refractivity (Wildman–Crippen MR) is 75.6 cm³/mol. The van der Waals surface area contributed by atoms with Crippen LogP contribution in [0.5, 0.6) is 23.0 Å². The Morgan fingerprint density at radius 2 is 1.60 bits per heavy atom. The van der Waals surface area contributed by atoms with Crippen molar-refractivity contribution in [1.29, 1.82) is 0 Å². The van der Waals surface area contributed by atoms with Gasteiger partial charge in [0.2, 0.25) is 0 Å². The lowest BCUT2D eigenvalue weighted by Crippen LogP contribution is -1.90. The highest BCUT2D eigenvalue weighted by Crippen LogP contribution is 2.35. The molecule has 5 nitrogen and oxygen atoms in total. The molecule has 2 aromatic rings. The summed E-state index contributed by atoms with van der Waals surface area (Å²) in [6, 6.07) is 5.88. The molecule has 1 aromatic carbocycles. The summed E-state index contributed by atoms with van der Waals surface area (Å²) in [5.74, 6) is -1.17. The number of phenolic OH excluding ortho intramolecular Hbond substituents is 3. The number of nitrogens with zero attached hydrogens (tertiary/aromatic N) is 1. The first-order valence-electron chi connectivity index (χ1n) is 6.13. The Kier molecular flexibility index (Phi) is 3.79. The Morgan fingerprint density at radius 3 is 2.20 bits per heavy atom. The van der Waals surface area contributed by atoms with E-state index in [0.29, 0.717) is 23.4 Å². The Bertz CT molecular complexity index is 642. The van der Waals surface area contributed by atoms with E-state index in [4.69, 9.17) is 0 Å². The number of aromatic nitrogens is 1. The summed E-state index contributed by atoms with van der Waals surface area (Å²) in [5, 5.41) is 37.6.